The minimum absolute atomic E-state index is 0.135. The summed E-state index contributed by atoms with van der Waals surface area (Å²) in [6.07, 6.45) is 3.39. The zero-order valence-electron chi connectivity index (χ0n) is 10.2. The molecule has 1 aliphatic heterocycles. The number of nitrogens with one attached hydrogen (secondary N) is 1. The highest BCUT2D eigenvalue weighted by molar-refractivity contribution is 5.96. The Morgan fingerprint density at radius 1 is 1.28 bits per heavy atom. The van der Waals surface area contributed by atoms with E-state index in [-0.39, 0.29) is 11.3 Å². The summed E-state index contributed by atoms with van der Waals surface area (Å²) in [5, 5.41) is 3.29. The number of Topliss-reactive ketones (excluding diaryl/α,β-unsaturated/α-hetero) is 1. The number of carbonyl (C=O) groups is 1. The van der Waals surface area contributed by atoms with Crippen molar-refractivity contribution in [3.8, 4) is 0 Å². The van der Waals surface area contributed by atoms with E-state index in [4.69, 9.17) is 0 Å². The highest BCUT2D eigenvalue weighted by Gasteiger charge is 2.16. The number of piperidine rings is 1. The second-order valence-electron chi connectivity index (χ2n) is 4.83. The Labute approximate surface area is 105 Å². The van der Waals surface area contributed by atoms with E-state index >= 15 is 0 Å². The zero-order chi connectivity index (χ0) is 13.0. The topological polar surface area (TPSA) is 29.1 Å². The van der Waals surface area contributed by atoms with Gasteiger partial charge in [0.25, 0.3) is 0 Å². The van der Waals surface area contributed by atoms with E-state index < -0.39 is 11.6 Å². The van der Waals surface area contributed by atoms with Crippen molar-refractivity contribution in [3.63, 3.8) is 0 Å². The maximum Gasteiger partial charge on any atom is 0.163 e. The number of carbonyl (C=O) groups excluding carboxylic acids is 1. The van der Waals surface area contributed by atoms with Gasteiger partial charge in [0.2, 0.25) is 0 Å². The molecular weight excluding hydrogens is 236 g/mol. The van der Waals surface area contributed by atoms with Crippen LogP contribution in [0.25, 0.3) is 0 Å². The smallest absolute Gasteiger partial charge is 0.163 e. The maximum atomic E-state index is 13.0. The van der Waals surface area contributed by atoms with Crippen LogP contribution >= 0.6 is 0 Å². The number of hydrogen-bond donors (Lipinski definition) is 1. The van der Waals surface area contributed by atoms with E-state index in [0.29, 0.717) is 12.3 Å². The number of rotatable bonds is 4. The third kappa shape index (κ3) is 3.60. The van der Waals surface area contributed by atoms with Crippen molar-refractivity contribution in [2.45, 2.75) is 25.7 Å². The number of halogens is 2. The fourth-order valence-corrected chi connectivity index (χ4v) is 2.36. The van der Waals surface area contributed by atoms with Gasteiger partial charge < -0.3 is 5.32 Å². The van der Waals surface area contributed by atoms with Crippen LogP contribution in [0, 0.1) is 17.6 Å². The van der Waals surface area contributed by atoms with E-state index in [1.807, 2.05) is 0 Å². The predicted molar refractivity (Wildman–Crippen MR) is 65.5 cm³/mol. The van der Waals surface area contributed by atoms with Crippen LogP contribution in [0.4, 0.5) is 8.78 Å². The molecule has 0 spiro atoms. The van der Waals surface area contributed by atoms with Crippen molar-refractivity contribution in [1.82, 2.24) is 5.32 Å². The van der Waals surface area contributed by atoms with E-state index in [9.17, 15) is 13.6 Å². The molecule has 18 heavy (non-hydrogen) atoms. The molecule has 1 heterocycles. The summed E-state index contributed by atoms with van der Waals surface area (Å²) >= 11 is 0. The first-order valence-corrected chi connectivity index (χ1v) is 6.35. The minimum atomic E-state index is -0.697. The quantitative estimate of drug-likeness (QED) is 0.836. The van der Waals surface area contributed by atoms with Crippen molar-refractivity contribution in [2.75, 3.05) is 13.1 Å². The fraction of sp³-hybridized carbons (Fsp3) is 0.500. The molecule has 0 aliphatic carbocycles. The lowest BCUT2D eigenvalue weighted by atomic mass is 9.92. The van der Waals surface area contributed by atoms with Crippen molar-refractivity contribution < 1.29 is 13.6 Å². The van der Waals surface area contributed by atoms with Gasteiger partial charge >= 0.3 is 0 Å². The largest absolute Gasteiger partial charge is 0.316 e. The second kappa shape index (κ2) is 6.05. The van der Waals surface area contributed by atoms with E-state index in [2.05, 4.69) is 5.32 Å². The molecule has 1 N–H and O–H groups in total. The van der Waals surface area contributed by atoms with Gasteiger partial charge in [-0.25, -0.2) is 8.78 Å². The molecule has 0 bridgehead atoms. The first-order valence-electron chi connectivity index (χ1n) is 6.35. The second-order valence-corrected chi connectivity index (χ2v) is 4.83. The summed E-state index contributed by atoms with van der Waals surface area (Å²) in [7, 11) is 0. The van der Waals surface area contributed by atoms with Crippen LogP contribution in [0.2, 0.25) is 0 Å². The minimum Gasteiger partial charge on any atom is -0.316 e. The lowest BCUT2D eigenvalue weighted by Gasteiger charge is -2.22. The molecule has 0 aromatic heterocycles. The molecule has 98 valence electrons. The van der Waals surface area contributed by atoms with Crippen LogP contribution in [0.1, 0.15) is 36.0 Å². The molecule has 2 nitrogen and oxygen atoms in total. The average Bonchev–Trinajstić information content (AvgIpc) is 2.36. The summed E-state index contributed by atoms with van der Waals surface area (Å²) in [6, 6.07) is 2.98. The molecule has 1 atom stereocenters. The number of ketones is 1. The van der Waals surface area contributed by atoms with Crippen LogP contribution in [-0.4, -0.2) is 18.9 Å². The average molecular weight is 253 g/mol. The van der Waals surface area contributed by atoms with Crippen molar-refractivity contribution in [2.24, 2.45) is 5.92 Å². The summed E-state index contributed by atoms with van der Waals surface area (Å²) in [4.78, 5) is 11.8. The Hall–Kier alpha value is -1.29. The van der Waals surface area contributed by atoms with Gasteiger partial charge in [0, 0.05) is 18.1 Å². The standard InChI is InChI=1S/C14H17F2NO/c15-12-6-11(7-13(16)8-12)14(18)4-3-10-2-1-5-17-9-10/h6-8,10,17H,1-5,9H2. The SMILES string of the molecule is O=C(CCC1CCCNC1)c1cc(F)cc(F)c1. The Morgan fingerprint density at radius 3 is 2.61 bits per heavy atom. The van der Waals surface area contributed by atoms with Crippen molar-refractivity contribution >= 4 is 5.78 Å². The van der Waals surface area contributed by atoms with Gasteiger partial charge in [0.1, 0.15) is 11.6 Å². The number of hydrogen-bond acceptors (Lipinski definition) is 2. The van der Waals surface area contributed by atoms with E-state index in [1.165, 1.54) is 0 Å². The molecule has 1 aromatic carbocycles. The normalized spacial score (nSPS) is 19.8. The van der Waals surface area contributed by atoms with Crippen LogP contribution in [-0.2, 0) is 0 Å². The van der Waals surface area contributed by atoms with Crippen LogP contribution in [0.5, 0.6) is 0 Å². The van der Waals surface area contributed by atoms with Gasteiger partial charge in [-0.2, -0.15) is 0 Å². The van der Waals surface area contributed by atoms with Gasteiger partial charge in [-0.05, 0) is 50.4 Å². The van der Waals surface area contributed by atoms with E-state index in [1.54, 1.807) is 0 Å². The van der Waals surface area contributed by atoms with Gasteiger partial charge in [-0.15, -0.1) is 0 Å². The summed E-state index contributed by atoms with van der Waals surface area (Å²) in [5.74, 6) is -1.07. The first kappa shape index (κ1) is 13.1. The Kier molecular flexibility index (Phi) is 4.42. The summed E-state index contributed by atoms with van der Waals surface area (Å²) in [6.45, 7) is 1.98. The first-order chi connectivity index (χ1) is 8.65. The van der Waals surface area contributed by atoms with E-state index in [0.717, 1.165) is 50.6 Å². The molecule has 1 unspecified atom stereocenters. The molecule has 1 fully saturated rings. The van der Waals surface area contributed by atoms with Crippen molar-refractivity contribution in [3.05, 3.63) is 35.4 Å². The third-order valence-corrected chi connectivity index (χ3v) is 3.36. The zero-order valence-corrected chi connectivity index (χ0v) is 10.2. The maximum absolute atomic E-state index is 13.0. The fourth-order valence-electron chi connectivity index (χ4n) is 2.36. The highest BCUT2D eigenvalue weighted by atomic mass is 19.1. The molecule has 4 heteroatoms. The predicted octanol–water partition coefficient (Wildman–Crippen LogP) is 2.93. The van der Waals surface area contributed by atoms with Crippen LogP contribution in [0.3, 0.4) is 0 Å². The van der Waals surface area contributed by atoms with Gasteiger partial charge in [0.15, 0.2) is 5.78 Å². The summed E-state index contributed by atoms with van der Waals surface area (Å²) in [5.41, 5.74) is 0.135. The van der Waals surface area contributed by atoms with Gasteiger partial charge in [-0.1, -0.05) is 0 Å². The van der Waals surface area contributed by atoms with Gasteiger partial charge in [0.05, 0.1) is 0 Å². The lowest BCUT2D eigenvalue weighted by molar-refractivity contribution is 0.0970. The lowest BCUT2D eigenvalue weighted by Crippen LogP contribution is -2.30. The highest BCUT2D eigenvalue weighted by Crippen LogP contribution is 2.18. The summed E-state index contributed by atoms with van der Waals surface area (Å²) < 4.78 is 26.0. The third-order valence-electron chi connectivity index (χ3n) is 3.36. The molecular formula is C14H17F2NO. The van der Waals surface area contributed by atoms with Gasteiger partial charge in [-0.3, -0.25) is 4.79 Å². The Bertz CT molecular complexity index is 408. The molecule has 2 rings (SSSR count). The molecule has 1 aromatic rings. The molecule has 0 radical (unpaired) electrons. The van der Waals surface area contributed by atoms with Crippen LogP contribution in [0.15, 0.2) is 18.2 Å². The molecule has 0 saturated carbocycles. The Morgan fingerprint density at radius 2 is 2.00 bits per heavy atom. The van der Waals surface area contributed by atoms with Crippen LogP contribution < -0.4 is 5.32 Å². The molecule has 0 amide bonds. The van der Waals surface area contributed by atoms with Crippen molar-refractivity contribution in [1.29, 1.82) is 0 Å². The Balaban J connectivity index is 1.90. The monoisotopic (exact) mass is 253 g/mol. The molecule has 1 saturated heterocycles. The molecule has 1 aliphatic rings. The number of benzene rings is 1.